The Morgan fingerprint density at radius 1 is 1.08 bits per heavy atom. The standard InChI is InChI=1S/C18H21N3O3/c1-3-24-16-10-5-4-9-15(16)18(23)20-12-17(22)19-11-14-8-6-7-13(2)21-14/h4-10H,3,11-12H2,1-2H3,(H,19,22)(H,20,23). The highest BCUT2D eigenvalue weighted by Crippen LogP contribution is 2.17. The molecule has 1 heterocycles. The molecule has 0 unspecified atom stereocenters. The maximum Gasteiger partial charge on any atom is 0.255 e. The molecule has 2 N–H and O–H groups in total. The summed E-state index contributed by atoms with van der Waals surface area (Å²) in [5.41, 5.74) is 2.08. The van der Waals surface area contributed by atoms with Crippen molar-refractivity contribution in [1.82, 2.24) is 15.6 Å². The van der Waals surface area contributed by atoms with Crippen LogP contribution in [0, 0.1) is 6.92 Å². The zero-order chi connectivity index (χ0) is 17.4. The number of hydrogen-bond acceptors (Lipinski definition) is 4. The van der Waals surface area contributed by atoms with E-state index in [4.69, 9.17) is 4.74 Å². The molecule has 0 saturated carbocycles. The van der Waals surface area contributed by atoms with Gasteiger partial charge in [-0.3, -0.25) is 14.6 Å². The predicted molar refractivity (Wildman–Crippen MR) is 90.8 cm³/mol. The molecule has 2 aromatic rings. The molecular weight excluding hydrogens is 306 g/mol. The summed E-state index contributed by atoms with van der Waals surface area (Å²) in [4.78, 5) is 28.3. The Labute approximate surface area is 141 Å². The minimum absolute atomic E-state index is 0.106. The van der Waals surface area contributed by atoms with Crippen molar-refractivity contribution < 1.29 is 14.3 Å². The molecule has 2 rings (SSSR count). The summed E-state index contributed by atoms with van der Waals surface area (Å²) in [7, 11) is 0. The number of para-hydroxylation sites is 1. The van der Waals surface area contributed by atoms with Crippen LogP contribution in [0.4, 0.5) is 0 Å². The van der Waals surface area contributed by atoms with Crippen molar-refractivity contribution in [2.75, 3.05) is 13.2 Å². The number of carbonyl (C=O) groups is 2. The van der Waals surface area contributed by atoms with Crippen molar-refractivity contribution in [2.24, 2.45) is 0 Å². The SMILES string of the molecule is CCOc1ccccc1C(=O)NCC(=O)NCc1cccc(C)n1. The van der Waals surface area contributed by atoms with Crippen molar-refractivity contribution in [2.45, 2.75) is 20.4 Å². The zero-order valence-corrected chi connectivity index (χ0v) is 13.8. The largest absolute Gasteiger partial charge is 0.493 e. The summed E-state index contributed by atoms with van der Waals surface area (Å²) >= 11 is 0. The van der Waals surface area contributed by atoms with E-state index >= 15 is 0 Å². The van der Waals surface area contributed by atoms with Gasteiger partial charge in [-0.2, -0.15) is 0 Å². The second kappa shape index (κ2) is 8.67. The highest BCUT2D eigenvalue weighted by atomic mass is 16.5. The molecule has 0 aliphatic carbocycles. The van der Waals surface area contributed by atoms with Gasteiger partial charge >= 0.3 is 0 Å². The van der Waals surface area contributed by atoms with Gasteiger partial charge in [-0.25, -0.2) is 0 Å². The van der Waals surface area contributed by atoms with E-state index in [1.807, 2.05) is 32.0 Å². The van der Waals surface area contributed by atoms with Crippen LogP contribution in [-0.2, 0) is 11.3 Å². The van der Waals surface area contributed by atoms with Gasteiger partial charge in [0.25, 0.3) is 5.91 Å². The van der Waals surface area contributed by atoms with Crippen molar-refractivity contribution in [3.05, 3.63) is 59.4 Å². The number of aryl methyl sites for hydroxylation is 1. The monoisotopic (exact) mass is 327 g/mol. The molecule has 2 amide bonds. The van der Waals surface area contributed by atoms with Gasteiger partial charge in [-0.05, 0) is 38.1 Å². The van der Waals surface area contributed by atoms with Gasteiger partial charge in [0.15, 0.2) is 0 Å². The van der Waals surface area contributed by atoms with Gasteiger partial charge in [-0.1, -0.05) is 18.2 Å². The second-order valence-electron chi connectivity index (χ2n) is 5.16. The first kappa shape index (κ1) is 17.5. The summed E-state index contributed by atoms with van der Waals surface area (Å²) in [6.07, 6.45) is 0. The number of carbonyl (C=O) groups excluding carboxylic acids is 2. The van der Waals surface area contributed by atoms with E-state index in [1.54, 1.807) is 24.3 Å². The number of hydrogen-bond donors (Lipinski definition) is 2. The number of amides is 2. The Hall–Kier alpha value is -2.89. The van der Waals surface area contributed by atoms with E-state index in [0.717, 1.165) is 11.4 Å². The summed E-state index contributed by atoms with van der Waals surface area (Å²) in [6, 6.07) is 12.5. The lowest BCUT2D eigenvalue weighted by Crippen LogP contribution is -2.36. The molecule has 0 spiro atoms. The van der Waals surface area contributed by atoms with Crippen LogP contribution in [0.5, 0.6) is 5.75 Å². The minimum Gasteiger partial charge on any atom is -0.493 e. The molecule has 126 valence electrons. The fourth-order valence-electron chi connectivity index (χ4n) is 2.14. The van der Waals surface area contributed by atoms with Gasteiger partial charge in [0, 0.05) is 5.69 Å². The fourth-order valence-corrected chi connectivity index (χ4v) is 2.14. The Morgan fingerprint density at radius 2 is 1.88 bits per heavy atom. The third-order valence-electron chi connectivity index (χ3n) is 3.25. The number of benzene rings is 1. The first-order chi connectivity index (χ1) is 11.6. The van der Waals surface area contributed by atoms with E-state index in [2.05, 4.69) is 15.6 Å². The van der Waals surface area contributed by atoms with Gasteiger partial charge < -0.3 is 15.4 Å². The third kappa shape index (κ3) is 5.08. The van der Waals surface area contributed by atoms with Crippen molar-refractivity contribution in [1.29, 1.82) is 0 Å². The smallest absolute Gasteiger partial charge is 0.255 e. The maximum absolute atomic E-state index is 12.2. The fraction of sp³-hybridized carbons (Fsp3) is 0.278. The van der Waals surface area contributed by atoms with Gasteiger partial charge in [0.1, 0.15) is 5.75 Å². The van der Waals surface area contributed by atoms with Crippen LogP contribution in [0.25, 0.3) is 0 Å². The van der Waals surface area contributed by atoms with Crippen LogP contribution in [0.1, 0.15) is 28.7 Å². The lowest BCUT2D eigenvalue weighted by atomic mass is 10.2. The molecular formula is C18H21N3O3. The molecule has 0 saturated heterocycles. The Bertz CT molecular complexity index is 716. The second-order valence-corrected chi connectivity index (χ2v) is 5.16. The molecule has 0 fully saturated rings. The van der Waals surface area contributed by atoms with Crippen LogP contribution in [-0.4, -0.2) is 29.9 Å². The van der Waals surface area contributed by atoms with Crippen molar-refractivity contribution in [3.8, 4) is 5.75 Å². The molecule has 1 aromatic carbocycles. The van der Waals surface area contributed by atoms with E-state index in [-0.39, 0.29) is 18.4 Å². The maximum atomic E-state index is 12.2. The lowest BCUT2D eigenvalue weighted by molar-refractivity contribution is -0.120. The normalized spacial score (nSPS) is 10.1. The quantitative estimate of drug-likeness (QED) is 0.813. The van der Waals surface area contributed by atoms with Crippen molar-refractivity contribution >= 4 is 11.8 Å². The zero-order valence-electron chi connectivity index (χ0n) is 13.8. The van der Waals surface area contributed by atoms with E-state index in [1.165, 1.54) is 0 Å². The molecule has 1 aromatic heterocycles. The van der Waals surface area contributed by atoms with Gasteiger partial charge in [-0.15, -0.1) is 0 Å². The number of ether oxygens (including phenoxy) is 1. The molecule has 0 radical (unpaired) electrons. The number of nitrogens with one attached hydrogen (secondary N) is 2. The van der Waals surface area contributed by atoms with Gasteiger partial charge in [0.05, 0.1) is 31.0 Å². The number of aromatic nitrogens is 1. The van der Waals surface area contributed by atoms with Crippen LogP contribution in [0.2, 0.25) is 0 Å². The first-order valence-corrected chi connectivity index (χ1v) is 7.79. The van der Waals surface area contributed by atoms with E-state index in [0.29, 0.717) is 24.5 Å². The molecule has 0 bridgehead atoms. The number of nitrogens with zero attached hydrogens (tertiary/aromatic N) is 1. The van der Waals surface area contributed by atoms with Crippen molar-refractivity contribution in [3.63, 3.8) is 0 Å². The van der Waals surface area contributed by atoms with E-state index in [9.17, 15) is 9.59 Å². The first-order valence-electron chi connectivity index (χ1n) is 7.79. The van der Waals surface area contributed by atoms with Crippen LogP contribution in [0.15, 0.2) is 42.5 Å². The highest BCUT2D eigenvalue weighted by molar-refractivity contribution is 5.98. The molecule has 6 nitrogen and oxygen atoms in total. The Morgan fingerprint density at radius 3 is 2.62 bits per heavy atom. The van der Waals surface area contributed by atoms with Gasteiger partial charge in [0.2, 0.25) is 5.91 Å². The summed E-state index contributed by atoms with van der Waals surface area (Å²) in [6.45, 7) is 4.42. The number of rotatable bonds is 7. The average molecular weight is 327 g/mol. The summed E-state index contributed by atoms with van der Waals surface area (Å²) in [5, 5.41) is 5.32. The Balaban J connectivity index is 1.84. The minimum atomic E-state index is -0.345. The highest BCUT2D eigenvalue weighted by Gasteiger charge is 2.12. The van der Waals surface area contributed by atoms with Crippen LogP contribution >= 0.6 is 0 Å². The predicted octanol–water partition coefficient (Wildman–Crippen LogP) is 1.83. The summed E-state index contributed by atoms with van der Waals surface area (Å²) in [5.74, 6) is -0.120. The topological polar surface area (TPSA) is 80.3 Å². The molecule has 0 aliphatic heterocycles. The molecule has 24 heavy (non-hydrogen) atoms. The number of pyridine rings is 1. The molecule has 0 aliphatic rings. The molecule has 0 atom stereocenters. The lowest BCUT2D eigenvalue weighted by Gasteiger charge is -2.10. The van der Waals surface area contributed by atoms with E-state index < -0.39 is 0 Å². The van der Waals surface area contributed by atoms with Crippen LogP contribution < -0.4 is 15.4 Å². The third-order valence-corrected chi connectivity index (χ3v) is 3.25. The molecule has 6 heteroatoms. The Kier molecular flexibility index (Phi) is 6.31. The van der Waals surface area contributed by atoms with Crippen LogP contribution in [0.3, 0.4) is 0 Å². The average Bonchev–Trinajstić information content (AvgIpc) is 2.59. The summed E-state index contributed by atoms with van der Waals surface area (Å²) < 4.78 is 5.41.